The number of benzene rings is 3. The molecule has 1 aromatic heterocycles. The van der Waals surface area contributed by atoms with Crippen LogP contribution in [0.1, 0.15) is 76.9 Å². The predicted molar refractivity (Wildman–Crippen MR) is 200 cm³/mol. The Labute approximate surface area is 321 Å². The Bertz CT molecular complexity index is 2330. The van der Waals surface area contributed by atoms with Crippen LogP contribution in [0.25, 0.3) is 11.1 Å². The Morgan fingerprint density at radius 1 is 1.06 bits per heavy atom. The summed E-state index contributed by atoms with van der Waals surface area (Å²) in [6.45, 7) is 0.418. The molecule has 2 fully saturated rings. The number of sulfonamides is 1. The number of imidazole rings is 1. The Kier molecular flexibility index (Phi) is 9.41. The van der Waals surface area contributed by atoms with Gasteiger partial charge in [0, 0.05) is 49.4 Å². The van der Waals surface area contributed by atoms with Gasteiger partial charge >= 0.3 is 5.97 Å². The number of hydrogen-bond acceptors (Lipinski definition) is 8. The first-order valence-corrected chi connectivity index (χ1v) is 20.0. The maximum Gasteiger partial charge on any atom is 0.323 e. The molecule has 0 saturated heterocycles. The molecule has 54 heavy (non-hydrogen) atoms. The largest absolute Gasteiger partial charge is 0.496 e. The molecule has 3 aromatic carbocycles. The number of fused-ring (bicyclic) bond motifs is 2. The third kappa shape index (κ3) is 6.41. The summed E-state index contributed by atoms with van der Waals surface area (Å²) in [5.41, 5.74) is 4.27. The van der Waals surface area contributed by atoms with Crippen LogP contribution in [-0.4, -0.2) is 63.7 Å². The number of amides is 1. The molecule has 0 spiro atoms. The number of carbonyl (C=O) groups is 2. The lowest BCUT2D eigenvalue weighted by Gasteiger charge is -2.25. The van der Waals surface area contributed by atoms with Gasteiger partial charge in [-0.15, -0.1) is 0 Å². The van der Waals surface area contributed by atoms with Crippen LogP contribution in [0.2, 0.25) is 10.0 Å². The summed E-state index contributed by atoms with van der Waals surface area (Å²) in [5, 5.41) is 15.1. The van der Waals surface area contributed by atoms with Crippen molar-refractivity contribution in [1.82, 2.24) is 19.2 Å². The molecule has 1 atom stereocenters. The summed E-state index contributed by atoms with van der Waals surface area (Å²) in [6.07, 6.45) is 3.49. The van der Waals surface area contributed by atoms with E-state index in [9.17, 15) is 23.1 Å². The fourth-order valence-electron chi connectivity index (χ4n) is 7.56. The first kappa shape index (κ1) is 36.8. The Hall–Kier alpha value is -4.21. The average molecular weight is 799 g/mol. The van der Waals surface area contributed by atoms with Gasteiger partial charge in [-0.05, 0) is 61.3 Å². The highest BCUT2D eigenvalue weighted by molar-refractivity contribution is 7.90. The van der Waals surface area contributed by atoms with Crippen molar-refractivity contribution >= 4 is 50.8 Å². The monoisotopic (exact) mass is 797 g/mol. The molecule has 2 heterocycles. The molecular weight excluding hydrogens is 760 g/mol. The van der Waals surface area contributed by atoms with Gasteiger partial charge in [0.25, 0.3) is 5.91 Å². The van der Waals surface area contributed by atoms with Gasteiger partial charge in [0.2, 0.25) is 10.0 Å². The molecular formula is C38H38Cl2FN5O7S. The van der Waals surface area contributed by atoms with E-state index in [1.807, 2.05) is 24.3 Å². The molecule has 3 aliphatic carbocycles. The van der Waals surface area contributed by atoms with Gasteiger partial charge < -0.3 is 24.5 Å². The van der Waals surface area contributed by atoms with Crippen LogP contribution in [0.3, 0.4) is 0 Å². The SMILES string of the molecule is COc1cc(OC2CCc3c(-c4cccc(NC(=O)c5nc6c(n5C)CCN(S(=O)(=O)C5CC5)C6)c4Cl)cccc32)c(Cl)c(F)c1CNC1(C(=O)O)CC1. The number of rotatable bonds is 12. The van der Waals surface area contributed by atoms with E-state index in [1.54, 1.807) is 23.7 Å². The Morgan fingerprint density at radius 2 is 1.80 bits per heavy atom. The van der Waals surface area contributed by atoms with Gasteiger partial charge in [0.1, 0.15) is 28.2 Å². The van der Waals surface area contributed by atoms with Crippen LogP contribution >= 0.6 is 23.2 Å². The maximum atomic E-state index is 15.7. The third-order valence-corrected chi connectivity index (χ3v) is 14.1. The topological polar surface area (TPSA) is 152 Å². The number of aromatic nitrogens is 2. The minimum absolute atomic E-state index is 0.0769. The molecule has 1 amide bonds. The molecule has 0 radical (unpaired) electrons. The van der Waals surface area contributed by atoms with E-state index < -0.39 is 39.4 Å². The van der Waals surface area contributed by atoms with Crippen molar-refractivity contribution in [2.45, 2.75) is 74.9 Å². The fraction of sp³-hybridized carbons (Fsp3) is 0.395. The van der Waals surface area contributed by atoms with Gasteiger partial charge in [0.05, 0.1) is 35.3 Å². The summed E-state index contributed by atoms with van der Waals surface area (Å²) < 4.78 is 56.4. The smallest absolute Gasteiger partial charge is 0.323 e. The minimum Gasteiger partial charge on any atom is -0.496 e. The van der Waals surface area contributed by atoms with Crippen LogP contribution in [-0.2, 0) is 47.8 Å². The first-order valence-electron chi connectivity index (χ1n) is 17.8. The molecule has 8 rings (SSSR count). The van der Waals surface area contributed by atoms with Crippen LogP contribution in [0.5, 0.6) is 11.5 Å². The van der Waals surface area contributed by atoms with Gasteiger partial charge in [0.15, 0.2) is 11.6 Å². The van der Waals surface area contributed by atoms with Gasteiger partial charge in [-0.1, -0.05) is 53.5 Å². The number of methoxy groups -OCH3 is 1. The number of carbonyl (C=O) groups excluding carboxylic acids is 1. The lowest BCUT2D eigenvalue weighted by molar-refractivity contribution is -0.140. The summed E-state index contributed by atoms with van der Waals surface area (Å²) in [7, 11) is -0.209. The van der Waals surface area contributed by atoms with Crippen LogP contribution in [0.15, 0.2) is 42.5 Å². The predicted octanol–water partition coefficient (Wildman–Crippen LogP) is 6.42. The number of nitrogens with one attached hydrogen (secondary N) is 2. The van der Waals surface area contributed by atoms with E-state index in [2.05, 4.69) is 15.6 Å². The zero-order chi connectivity index (χ0) is 38.1. The van der Waals surface area contributed by atoms with E-state index in [4.69, 9.17) is 32.7 Å². The third-order valence-electron chi connectivity index (χ3n) is 11.0. The van der Waals surface area contributed by atoms with Crippen LogP contribution in [0.4, 0.5) is 10.1 Å². The molecule has 1 aliphatic heterocycles. The average Bonchev–Trinajstić information content (AvgIpc) is 4.09. The quantitative estimate of drug-likeness (QED) is 0.148. The molecule has 1 unspecified atom stereocenters. The van der Waals surface area contributed by atoms with E-state index >= 15 is 4.39 Å². The number of aliphatic carboxylic acids is 1. The summed E-state index contributed by atoms with van der Waals surface area (Å²) in [5.74, 6) is -1.74. The number of anilines is 1. The highest BCUT2D eigenvalue weighted by atomic mass is 35.5. The molecule has 4 aliphatic rings. The number of halogens is 3. The second kappa shape index (κ2) is 13.8. The lowest BCUT2D eigenvalue weighted by Crippen LogP contribution is -2.38. The normalized spacial score (nSPS) is 18.9. The zero-order valence-corrected chi connectivity index (χ0v) is 31.9. The first-order chi connectivity index (χ1) is 25.8. The number of carboxylic acids is 1. The number of ether oxygens (including phenoxy) is 2. The zero-order valence-electron chi connectivity index (χ0n) is 29.5. The van der Waals surface area contributed by atoms with Gasteiger partial charge in [-0.3, -0.25) is 14.9 Å². The second-order valence-electron chi connectivity index (χ2n) is 14.3. The second-order valence-corrected chi connectivity index (χ2v) is 17.2. The molecule has 4 aromatic rings. The van der Waals surface area contributed by atoms with E-state index in [0.29, 0.717) is 73.5 Å². The Balaban J connectivity index is 1.01. The highest BCUT2D eigenvalue weighted by Crippen LogP contribution is 2.46. The highest BCUT2D eigenvalue weighted by Gasteiger charge is 2.50. The standard InChI is InChI=1S/C38H38Cl2FN5O7S/c1-45-28-13-16-46(54(50,51)20-9-10-20)19-27(28)43-35(45)36(47)44-26-8-4-7-24(32(26)39)21-5-3-6-23-22(21)11-12-29(23)53-31-17-30(52-2)25(34(41)33(31)40)18-42-38(14-15-38)37(48)49/h3-8,17,20,29,42H,9-16,18-19H2,1-2H3,(H,44,47)(H,48,49). The maximum absolute atomic E-state index is 15.7. The fourth-order valence-corrected chi connectivity index (χ4v) is 9.85. The van der Waals surface area contributed by atoms with Crippen LogP contribution in [0, 0.1) is 5.82 Å². The van der Waals surface area contributed by atoms with Gasteiger partial charge in [-0.25, -0.2) is 17.8 Å². The molecule has 0 bridgehead atoms. The number of hydrogen-bond donors (Lipinski definition) is 3. The molecule has 12 nitrogen and oxygen atoms in total. The summed E-state index contributed by atoms with van der Waals surface area (Å²) in [4.78, 5) is 29.8. The lowest BCUT2D eigenvalue weighted by atomic mass is 9.96. The molecule has 2 saturated carbocycles. The molecule has 16 heteroatoms. The van der Waals surface area contributed by atoms with Gasteiger partial charge in [-0.2, -0.15) is 4.31 Å². The van der Waals surface area contributed by atoms with Crippen molar-refractivity contribution in [1.29, 1.82) is 0 Å². The molecule has 3 N–H and O–H groups in total. The van der Waals surface area contributed by atoms with Crippen molar-refractivity contribution in [2.24, 2.45) is 7.05 Å². The van der Waals surface area contributed by atoms with E-state index in [-0.39, 0.29) is 46.2 Å². The van der Waals surface area contributed by atoms with E-state index in [0.717, 1.165) is 22.4 Å². The summed E-state index contributed by atoms with van der Waals surface area (Å²) >= 11 is 13.5. The molecule has 284 valence electrons. The van der Waals surface area contributed by atoms with Crippen molar-refractivity contribution in [3.8, 4) is 22.6 Å². The number of nitrogens with zero attached hydrogens (tertiary/aromatic N) is 3. The number of carboxylic acid groups (broad SMARTS) is 1. The van der Waals surface area contributed by atoms with Crippen molar-refractivity contribution in [3.63, 3.8) is 0 Å². The summed E-state index contributed by atoms with van der Waals surface area (Å²) in [6, 6.07) is 12.7. The van der Waals surface area contributed by atoms with Crippen molar-refractivity contribution in [3.05, 3.63) is 92.2 Å². The minimum atomic E-state index is -3.36. The van der Waals surface area contributed by atoms with Crippen molar-refractivity contribution in [2.75, 3.05) is 19.0 Å². The Morgan fingerprint density at radius 3 is 2.50 bits per heavy atom. The van der Waals surface area contributed by atoms with Crippen LogP contribution < -0.4 is 20.1 Å². The van der Waals surface area contributed by atoms with Crippen molar-refractivity contribution < 1.29 is 37.0 Å². The van der Waals surface area contributed by atoms with E-state index in [1.165, 1.54) is 17.5 Å².